The van der Waals surface area contributed by atoms with Crippen LogP contribution in [0.25, 0.3) is 0 Å². The van der Waals surface area contributed by atoms with Gasteiger partial charge in [0.25, 0.3) is 0 Å². The van der Waals surface area contributed by atoms with Crippen molar-refractivity contribution in [2.24, 2.45) is 0 Å². The van der Waals surface area contributed by atoms with Crippen LogP contribution >= 0.6 is 22.7 Å². The number of thiazole rings is 1. The summed E-state index contributed by atoms with van der Waals surface area (Å²) < 4.78 is 1.85. The summed E-state index contributed by atoms with van der Waals surface area (Å²) in [7, 11) is 2.10. The molecule has 5 heteroatoms. The smallest absolute Gasteiger partial charge is 0.302 e. The van der Waals surface area contributed by atoms with Gasteiger partial charge in [-0.25, -0.2) is 0 Å². The van der Waals surface area contributed by atoms with E-state index in [1.54, 1.807) is 11.3 Å². The van der Waals surface area contributed by atoms with Gasteiger partial charge in [-0.1, -0.05) is 11.3 Å². The number of aryl methyl sites for hydroxylation is 2. The van der Waals surface area contributed by atoms with Crippen molar-refractivity contribution >= 4 is 22.7 Å². The molecule has 0 aliphatic carbocycles. The summed E-state index contributed by atoms with van der Waals surface area (Å²) >= 11 is 3.08. The molecule has 0 amide bonds. The van der Waals surface area contributed by atoms with Gasteiger partial charge in [-0.3, -0.25) is 9.69 Å². The lowest BCUT2D eigenvalue weighted by atomic mass is 10.3. The van der Waals surface area contributed by atoms with Crippen molar-refractivity contribution in [3.63, 3.8) is 0 Å². The number of likely N-dealkylation sites (N-methyl/N-ethyl adjacent to an activating group) is 1. The number of hydrogen-bond acceptors (Lipinski definition) is 4. The highest BCUT2D eigenvalue weighted by Gasteiger charge is 2.07. The molecule has 2 aromatic rings. The summed E-state index contributed by atoms with van der Waals surface area (Å²) in [6.45, 7) is 6.76. The normalized spacial score (nSPS) is 11.3. The summed E-state index contributed by atoms with van der Waals surface area (Å²) in [6.07, 6.45) is 0. The summed E-state index contributed by atoms with van der Waals surface area (Å²) in [5, 5.41) is 4.05. The molecule has 2 aromatic heterocycles. The van der Waals surface area contributed by atoms with Crippen LogP contribution in [0.4, 0.5) is 0 Å². The molecule has 0 saturated heterocycles. The van der Waals surface area contributed by atoms with E-state index in [0.717, 1.165) is 25.3 Å². The molecule has 0 atom stereocenters. The number of thiophene rings is 1. The molecule has 0 fully saturated rings. The Balaban J connectivity index is 1.91. The highest BCUT2D eigenvalue weighted by atomic mass is 32.1. The van der Waals surface area contributed by atoms with Gasteiger partial charge in [-0.15, -0.1) is 11.3 Å². The zero-order chi connectivity index (χ0) is 13.1. The Morgan fingerprint density at radius 1 is 1.33 bits per heavy atom. The molecular formula is C13H18N2OS2. The van der Waals surface area contributed by atoms with Crippen molar-refractivity contribution < 1.29 is 0 Å². The Morgan fingerprint density at radius 2 is 2.11 bits per heavy atom. The molecule has 0 aromatic carbocycles. The van der Waals surface area contributed by atoms with Crippen LogP contribution in [0.5, 0.6) is 0 Å². The molecule has 2 heterocycles. The van der Waals surface area contributed by atoms with E-state index in [-0.39, 0.29) is 4.87 Å². The van der Waals surface area contributed by atoms with Crippen molar-refractivity contribution in [3.05, 3.63) is 42.6 Å². The first-order valence-corrected chi connectivity index (χ1v) is 7.70. The lowest BCUT2D eigenvalue weighted by Crippen LogP contribution is -2.26. The molecule has 2 rings (SSSR count). The van der Waals surface area contributed by atoms with E-state index in [9.17, 15) is 4.79 Å². The highest BCUT2D eigenvalue weighted by molar-refractivity contribution is 7.10. The van der Waals surface area contributed by atoms with Crippen LogP contribution in [0.15, 0.2) is 21.6 Å². The average molecular weight is 282 g/mol. The van der Waals surface area contributed by atoms with Crippen LogP contribution in [-0.4, -0.2) is 23.1 Å². The van der Waals surface area contributed by atoms with Crippen LogP contribution < -0.4 is 4.87 Å². The summed E-state index contributed by atoms with van der Waals surface area (Å²) in [5.41, 5.74) is 2.42. The highest BCUT2D eigenvalue weighted by Crippen LogP contribution is 2.17. The van der Waals surface area contributed by atoms with Crippen molar-refractivity contribution in [2.75, 3.05) is 13.6 Å². The van der Waals surface area contributed by atoms with Crippen molar-refractivity contribution in [1.82, 2.24) is 9.47 Å². The minimum atomic E-state index is 0.146. The van der Waals surface area contributed by atoms with Gasteiger partial charge in [-0.2, -0.15) is 0 Å². The lowest BCUT2D eigenvalue weighted by Gasteiger charge is -2.16. The number of hydrogen-bond donors (Lipinski definition) is 0. The molecule has 18 heavy (non-hydrogen) atoms. The van der Waals surface area contributed by atoms with Crippen LogP contribution in [-0.2, 0) is 13.1 Å². The molecule has 0 aliphatic rings. The fraction of sp³-hybridized carbons (Fsp3) is 0.462. The summed E-state index contributed by atoms with van der Waals surface area (Å²) in [6, 6.07) is 2.15. The van der Waals surface area contributed by atoms with Gasteiger partial charge >= 0.3 is 4.87 Å². The van der Waals surface area contributed by atoms with E-state index < -0.39 is 0 Å². The first-order valence-electron chi connectivity index (χ1n) is 5.94. The molecule has 0 saturated carbocycles. The van der Waals surface area contributed by atoms with E-state index in [4.69, 9.17) is 0 Å². The standard InChI is InChI=1S/C13H18N2OS2/c1-10-4-7-17-12(10)8-14(3)5-6-15-11(2)9-18-13(15)16/h4,7,9H,5-6,8H2,1-3H3. The Labute approximate surface area is 115 Å². The van der Waals surface area contributed by atoms with E-state index >= 15 is 0 Å². The Bertz CT molecular complexity index is 568. The first kappa shape index (κ1) is 13.5. The second kappa shape index (κ2) is 5.82. The quantitative estimate of drug-likeness (QED) is 0.842. The second-order valence-corrected chi connectivity index (χ2v) is 6.38. The molecule has 0 aliphatic heterocycles. The third-order valence-electron chi connectivity index (χ3n) is 3.06. The molecule has 0 unspecified atom stereocenters. The summed E-state index contributed by atoms with van der Waals surface area (Å²) in [4.78, 5) is 15.4. The largest absolute Gasteiger partial charge is 0.307 e. The lowest BCUT2D eigenvalue weighted by molar-refractivity contribution is 0.311. The van der Waals surface area contributed by atoms with Crippen LogP contribution in [0, 0.1) is 13.8 Å². The molecule has 3 nitrogen and oxygen atoms in total. The Hall–Kier alpha value is -0.910. The SMILES string of the molecule is Cc1ccsc1CN(C)CCn1c(C)csc1=O. The third-order valence-corrected chi connectivity index (χ3v) is 4.95. The first-order chi connectivity index (χ1) is 8.58. The monoisotopic (exact) mass is 282 g/mol. The number of nitrogens with zero attached hydrogens (tertiary/aromatic N) is 2. The number of aromatic nitrogens is 1. The van der Waals surface area contributed by atoms with Crippen LogP contribution in [0.2, 0.25) is 0 Å². The van der Waals surface area contributed by atoms with Crippen molar-refractivity contribution in [1.29, 1.82) is 0 Å². The average Bonchev–Trinajstić information content (AvgIpc) is 2.85. The van der Waals surface area contributed by atoms with Gasteiger partial charge in [0.1, 0.15) is 0 Å². The van der Waals surface area contributed by atoms with Gasteiger partial charge in [0.05, 0.1) is 0 Å². The number of rotatable bonds is 5. The molecule has 0 spiro atoms. The van der Waals surface area contributed by atoms with Gasteiger partial charge < -0.3 is 4.57 Å². The predicted octanol–water partition coefficient (Wildman–Crippen LogP) is 2.72. The fourth-order valence-corrected chi connectivity index (χ4v) is 3.58. The third kappa shape index (κ3) is 3.10. The van der Waals surface area contributed by atoms with Crippen LogP contribution in [0.1, 0.15) is 16.1 Å². The van der Waals surface area contributed by atoms with Crippen molar-refractivity contribution in [2.45, 2.75) is 26.9 Å². The van der Waals surface area contributed by atoms with Crippen LogP contribution in [0.3, 0.4) is 0 Å². The fourth-order valence-electron chi connectivity index (χ4n) is 1.84. The van der Waals surface area contributed by atoms with E-state index in [1.165, 1.54) is 21.8 Å². The topological polar surface area (TPSA) is 25.2 Å². The van der Waals surface area contributed by atoms with Gasteiger partial charge in [0.2, 0.25) is 0 Å². The van der Waals surface area contributed by atoms with Gasteiger partial charge in [-0.05, 0) is 37.9 Å². The van der Waals surface area contributed by atoms with Gasteiger partial charge in [0, 0.05) is 35.6 Å². The van der Waals surface area contributed by atoms with E-state index in [0.29, 0.717) is 0 Å². The van der Waals surface area contributed by atoms with Gasteiger partial charge in [0.15, 0.2) is 0 Å². The molecule has 0 radical (unpaired) electrons. The summed E-state index contributed by atoms with van der Waals surface area (Å²) in [5.74, 6) is 0. The predicted molar refractivity (Wildman–Crippen MR) is 78.7 cm³/mol. The zero-order valence-electron chi connectivity index (χ0n) is 11.0. The molecule has 0 bridgehead atoms. The molecule has 0 N–H and O–H groups in total. The molecule has 98 valence electrons. The minimum Gasteiger partial charge on any atom is -0.302 e. The Kier molecular flexibility index (Phi) is 4.37. The Morgan fingerprint density at radius 3 is 2.67 bits per heavy atom. The van der Waals surface area contributed by atoms with E-state index in [1.807, 2.05) is 16.9 Å². The maximum atomic E-state index is 11.6. The second-order valence-electron chi connectivity index (χ2n) is 4.56. The molecular weight excluding hydrogens is 264 g/mol. The zero-order valence-corrected chi connectivity index (χ0v) is 12.6. The maximum Gasteiger partial charge on any atom is 0.307 e. The minimum absolute atomic E-state index is 0.146. The maximum absolute atomic E-state index is 11.6. The van der Waals surface area contributed by atoms with Crippen molar-refractivity contribution in [3.8, 4) is 0 Å². The van der Waals surface area contributed by atoms with E-state index in [2.05, 4.69) is 30.3 Å².